The average Bonchev–Trinajstić information content (AvgIpc) is 3.18. The maximum absolute atomic E-state index is 12.5. The zero-order valence-electron chi connectivity index (χ0n) is 15.4. The van der Waals surface area contributed by atoms with Crippen molar-refractivity contribution < 1.29 is 17.9 Å². The fraction of sp³-hybridized carbons (Fsp3) is 0.350. The highest BCUT2D eigenvalue weighted by Gasteiger charge is 2.24. The molecule has 1 aliphatic rings. The molecular weight excluding hydrogens is 364 g/mol. The topological polar surface area (TPSA) is 84.5 Å². The fourth-order valence-electron chi connectivity index (χ4n) is 3.00. The average molecular weight is 388 g/mol. The van der Waals surface area contributed by atoms with Crippen molar-refractivity contribution in [2.45, 2.75) is 43.7 Å². The van der Waals surface area contributed by atoms with Crippen LogP contribution in [0.5, 0.6) is 0 Å². The monoisotopic (exact) mass is 388 g/mol. The van der Waals surface area contributed by atoms with Crippen molar-refractivity contribution >= 4 is 21.6 Å². The number of carbonyl (C=O) groups excluding carboxylic acids is 1. The third-order valence-electron chi connectivity index (χ3n) is 4.61. The molecule has 1 aliphatic heterocycles. The molecule has 7 heteroatoms. The normalized spacial score (nSPS) is 18.1. The van der Waals surface area contributed by atoms with Crippen LogP contribution in [0.25, 0.3) is 0 Å². The van der Waals surface area contributed by atoms with Crippen LogP contribution in [0.15, 0.2) is 53.4 Å². The zero-order valence-corrected chi connectivity index (χ0v) is 16.3. The van der Waals surface area contributed by atoms with E-state index >= 15 is 0 Å². The first kappa shape index (κ1) is 19.4. The quantitative estimate of drug-likeness (QED) is 0.796. The van der Waals surface area contributed by atoms with E-state index in [1.165, 1.54) is 24.3 Å². The maximum Gasteiger partial charge on any atom is 0.261 e. The molecule has 1 heterocycles. The number of anilines is 1. The van der Waals surface area contributed by atoms with Crippen LogP contribution in [0.1, 0.15) is 35.7 Å². The molecule has 0 spiro atoms. The SMILES string of the molecule is Cc1ccc(NS(=O)(=O)c2ccc(C(=O)NC(C)C3CCCO3)cc2)cc1. The minimum absolute atomic E-state index is 0.0345. The van der Waals surface area contributed by atoms with Crippen LogP contribution in [0.2, 0.25) is 0 Å². The van der Waals surface area contributed by atoms with E-state index in [1.54, 1.807) is 12.1 Å². The summed E-state index contributed by atoms with van der Waals surface area (Å²) in [5.74, 6) is -0.242. The molecule has 0 aliphatic carbocycles. The molecule has 0 aromatic heterocycles. The lowest BCUT2D eigenvalue weighted by molar-refractivity contribution is 0.0712. The molecular formula is C20H24N2O4S. The smallest absolute Gasteiger partial charge is 0.261 e. The number of nitrogens with one attached hydrogen (secondary N) is 2. The van der Waals surface area contributed by atoms with Crippen molar-refractivity contribution in [2.75, 3.05) is 11.3 Å². The zero-order chi connectivity index (χ0) is 19.4. The van der Waals surface area contributed by atoms with Gasteiger partial charge in [0.15, 0.2) is 0 Å². The molecule has 2 aromatic rings. The van der Waals surface area contributed by atoms with Crippen LogP contribution in [-0.2, 0) is 14.8 Å². The minimum Gasteiger partial charge on any atom is -0.376 e. The molecule has 2 aromatic carbocycles. The van der Waals surface area contributed by atoms with E-state index in [9.17, 15) is 13.2 Å². The summed E-state index contributed by atoms with van der Waals surface area (Å²) < 4.78 is 33.1. The number of hydrogen-bond donors (Lipinski definition) is 2. The fourth-order valence-corrected chi connectivity index (χ4v) is 4.06. The number of aryl methyl sites for hydroxylation is 1. The molecule has 1 fully saturated rings. The van der Waals surface area contributed by atoms with Crippen LogP contribution in [0, 0.1) is 6.92 Å². The second kappa shape index (κ2) is 8.10. The lowest BCUT2D eigenvalue weighted by Crippen LogP contribution is -2.40. The Morgan fingerprint density at radius 1 is 1.11 bits per heavy atom. The van der Waals surface area contributed by atoms with Crippen molar-refractivity contribution in [3.8, 4) is 0 Å². The summed E-state index contributed by atoms with van der Waals surface area (Å²) in [6.45, 7) is 4.57. The molecule has 1 amide bonds. The highest BCUT2D eigenvalue weighted by molar-refractivity contribution is 7.92. The van der Waals surface area contributed by atoms with Gasteiger partial charge in [-0.1, -0.05) is 17.7 Å². The standard InChI is InChI=1S/C20H24N2O4S/c1-14-5-9-17(10-6-14)22-27(24,25)18-11-7-16(8-12-18)20(23)21-15(2)19-4-3-13-26-19/h5-12,15,19,22H,3-4,13H2,1-2H3,(H,21,23). The molecule has 144 valence electrons. The highest BCUT2D eigenvalue weighted by atomic mass is 32.2. The van der Waals surface area contributed by atoms with E-state index < -0.39 is 10.0 Å². The number of benzene rings is 2. The summed E-state index contributed by atoms with van der Waals surface area (Å²) in [7, 11) is -3.71. The summed E-state index contributed by atoms with van der Waals surface area (Å²) in [5.41, 5.74) is 1.95. The van der Waals surface area contributed by atoms with Gasteiger partial charge in [0.05, 0.1) is 17.0 Å². The molecule has 3 rings (SSSR count). The predicted molar refractivity (Wildman–Crippen MR) is 104 cm³/mol. The Bertz CT molecular complexity index is 887. The van der Waals surface area contributed by atoms with E-state index in [0.29, 0.717) is 11.3 Å². The van der Waals surface area contributed by atoms with E-state index in [0.717, 1.165) is 25.0 Å². The Morgan fingerprint density at radius 2 is 1.78 bits per heavy atom. The van der Waals surface area contributed by atoms with Gasteiger partial charge in [-0.2, -0.15) is 0 Å². The second-order valence-corrected chi connectivity index (χ2v) is 8.49. The Labute approximate surface area is 160 Å². The van der Waals surface area contributed by atoms with Gasteiger partial charge in [0, 0.05) is 17.9 Å². The molecule has 0 radical (unpaired) electrons. The van der Waals surface area contributed by atoms with E-state index in [1.807, 2.05) is 26.0 Å². The minimum atomic E-state index is -3.71. The van der Waals surface area contributed by atoms with Gasteiger partial charge in [-0.25, -0.2) is 8.42 Å². The van der Waals surface area contributed by atoms with Gasteiger partial charge in [0.25, 0.3) is 15.9 Å². The predicted octanol–water partition coefficient (Wildman–Crippen LogP) is 3.09. The van der Waals surface area contributed by atoms with Crippen molar-refractivity contribution in [1.82, 2.24) is 5.32 Å². The number of amides is 1. The van der Waals surface area contributed by atoms with Crippen molar-refractivity contribution in [3.63, 3.8) is 0 Å². The number of carbonyl (C=O) groups is 1. The van der Waals surface area contributed by atoms with Gasteiger partial charge in [0.2, 0.25) is 0 Å². The Kier molecular flexibility index (Phi) is 5.82. The number of sulfonamides is 1. The summed E-state index contributed by atoms with van der Waals surface area (Å²) in [5, 5.41) is 2.91. The van der Waals surface area contributed by atoms with Crippen LogP contribution in [0.3, 0.4) is 0 Å². The largest absolute Gasteiger partial charge is 0.376 e. The first-order valence-electron chi connectivity index (χ1n) is 8.97. The lowest BCUT2D eigenvalue weighted by atomic mass is 10.1. The number of ether oxygens (including phenoxy) is 1. The summed E-state index contributed by atoms with van der Waals surface area (Å²) in [6, 6.07) is 12.9. The summed E-state index contributed by atoms with van der Waals surface area (Å²) in [6.07, 6.45) is 1.97. The van der Waals surface area contributed by atoms with Gasteiger partial charge >= 0.3 is 0 Å². The third-order valence-corrected chi connectivity index (χ3v) is 6.01. The van der Waals surface area contributed by atoms with Crippen LogP contribution in [0.4, 0.5) is 5.69 Å². The summed E-state index contributed by atoms with van der Waals surface area (Å²) >= 11 is 0. The van der Waals surface area contributed by atoms with Gasteiger partial charge in [-0.3, -0.25) is 9.52 Å². The Morgan fingerprint density at radius 3 is 2.37 bits per heavy atom. The Balaban J connectivity index is 1.66. The van der Waals surface area contributed by atoms with Crippen molar-refractivity contribution in [3.05, 3.63) is 59.7 Å². The van der Waals surface area contributed by atoms with Crippen LogP contribution >= 0.6 is 0 Å². The molecule has 27 heavy (non-hydrogen) atoms. The van der Waals surface area contributed by atoms with Crippen LogP contribution in [-0.4, -0.2) is 33.1 Å². The maximum atomic E-state index is 12.5. The van der Waals surface area contributed by atoms with Crippen molar-refractivity contribution in [1.29, 1.82) is 0 Å². The number of rotatable bonds is 6. The lowest BCUT2D eigenvalue weighted by Gasteiger charge is -2.20. The molecule has 2 unspecified atom stereocenters. The molecule has 2 N–H and O–H groups in total. The van der Waals surface area contributed by atoms with Gasteiger partial charge < -0.3 is 10.1 Å². The molecule has 1 saturated heterocycles. The van der Waals surface area contributed by atoms with E-state index in [2.05, 4.69) is 10.0 Å². The summed E-state index contributed by atoms with van der Waals surface area (Å²) in [4.78, 5) is 12.5. The Hall–Kier alpha value is -2.38. The molecule has 2 atom stereocenters. The third kappa shape index (κ3) is 4.87. The van der Waals surface area contributed by atoms with Gasteiger partial charge in [-0.15, -0.1) is 0 Å². The molecule has 0 saturated carbocycles. The van der Waals surface area contributed by atoms with E-state index in [-0.39, 0.29) is 22.9 Å². The van der Waals surface area contributed by atoms with Crippen molar-refractivity contribution in [2.24, 2.45) is 0 Å². The molecule has 6 nitrogen and oxygen atoms in total. The van der Waals surface area contributed by atoms with Gasteiger partial charge in [0.1, 0.15) is 0 Å². The number of hydrogen-bond acceptors (Lipinski definition) is 4. The van der Waals surface area contributed by atoms with Gasteiger partial charge in [-0.05, 0) is 63.1 Å². The second-order valence-electron chi connectivity index (χ2n) is 6.81. The molecule has 0 bridgehead atoms. The van der Waals surface area contributed by atoms with Crippen LogP contribution < -0.4 is 10.0 Å². The first-order chi connectivity index (χ1) is 12.8. The first-order valence-corrected chi connectivity index (χ1v) is 10.5. The highest BCUT2D eigenvalue weighted by Crippen LogP contribution is 2.18. The van der Waals surface area contributed by atoms with E-state index in [4.69, 9.17) is 4.74 Å².